The predicted molar refractivity (Wildman–Crippen MR) is 118 cm³/mol. The van der Waals surface area contributed by atoms with Gasteiger partial charge in [0.1, 0.15) is 0 Å². The van der Waals surface area contributed by atoms with Crippen molar-refractivity contribution in [2.75, 3.05) is 42.3 Å². The highest BCUT2D eigenvalue weighted by atomic mass is 32.2. The Labute approximate surface area is 173 Å². The zero-order chi connectivity index (χ0) is 19.2. The molecule has 1 fully saturated rings. The molecule has 7 heteroatoms. The maximum atomic E-state index is 12.4. The molecule has 0 atom stereocenters. The van der Waals surface area contributed by atoms with Crippen molar-refractivity contribution in [1.29, 1.82) is 0 Å². The largest absolute Gasteiger partial charge is 0.378 e. The maximum Gasteiger partial charge on any atom is 0.224 e. The summed E-state index contributed by atoms with van der Waals surface area (Å²) in [5.74, 6) is 0.948. The molecule has 0 bridgehead atoms. The first-order valence-corrected chi connectivity index (χ1v) is 11.3. The van der Waals surface area contributed by atoms with Gasteiger partial charge in [-0.15, -0.1) is 11.3 Å². The number of benzene rings is 2. The summed E-state index contributed by atoms with van der Waals surface area (Å²) in [4.78, 5) is 19.3. The summed E-state index contributed by atoms with van der Waals surface area (Å²) in [6.45, 7) is 3.16. The molecule has 146 valence electrons. The molecular formula is C21H23N3O2S2. The topological polar surface area (TPSA) is 54.5 Å². The lowest BCUT2D eigenvalue weighted by molar-refractivity contribution is -0.116. The number of aromatic nitrogens is 1. The highest BCUT2D eigenvalue weighted by molar-refractivity contribution is 8.01. The third kappa shape index (κ3) is 4.84. The Balaban J connectivity index is 1.26. The Kier molecular flexibility index (Phi) is 6.46. The van der Waals surface area contributed by atoms with Crippen molar-refractivity contribution in [1.82, 2.24) is 4.98 Å². The second-order valence-corrected chi connectivity index (χ2v) is 8.94. The number of para-hydroxylation sites is 3. The monoisotopic (exact) mass is 413 g/mol. The number of hydrogen-bond donors (Lipinski definition) is 1. The van der Waals surface area contributed by atoms with Crippen LogP contribution in [-0.2, 0) is 9.53 Å². The smallest absolute Gasteiger partial charge is 0.224 e. The predicted octanol–water partition coefficient (Wildman–Crippen LogP) is 4.64. The van der Waals surface area contributed by atoms with E-state index in [-0.39, 0.29) is 5.91 Å². The Bertz CT molecular complexity index is 905. The normalized spacial score (nSPS) is 14.4. The Morgan fingerprint density at radius 3 is 2.79 bits per heavy atom. The van der Waals surface area contributed by atoms with Gasteiger partial charge in [-0.25, -0.2) is 4.98 Å². The van der Waals surface area contributed by atoms with Crippen LogP contribution >= 0.6 is 23.1 Å². The van der Waals surface area contributed by atoms with E-state index in [0.717, 1.165) is 59.7 Å². The summed E-state index contributed by atoms with van der Waals surface area (Å²) in [6, 6.07) is 16.2. The van der Waals surface area contributed by atoms with E-state index in [2.05, 4.69) is 27.3 Å². The van der Waals surface area contributed by atoms with Crippen molar-refractivity contribution in [2.24, 2.45) is 0 Å². The van der Waals surface area contributed by atoms with Gasteiger partial charge in [-0.2, -0.15) is 0 Å². The van der Waals surface area contributed by atoms with E-state index in [0.29, 0.717) is 6.42 Å². The number of thiazole rings is 1. The molecule has 3 aromatic rings. The molecule has 0 spiro atoms. The summed E-state index contributed by atoms with van der Waals surface area (Å²) in [7, 11) is 0. The van der Waals surface area contributed by atoms with Crippen LogP contribution in [0.5, 0.6) is 0 Å². The molecule has 1 aliphatic rings. The summed E-state index contributed by atoms with van der Waals surface area (Å²) >= 11 is 3.44. The van der Waals surface area contributed by atoms with Crippen molar-refractivity contribution >= 4 is 50.6 Å². The van der Waals surface area contributed by atoms with Gasteiger partial charge in [0, 0.05) is 25.3 Å². The molecule has 0 saturated carbocycles. The number of morpholine rings is 1. The van der Waals surface area contributed by atoms with Crippen LogP contribution in [0.4, 0.5) is 11.4 Å². The van der Waals surface area contributed by atoms with Crippen molar-refractivity contribution in [3.63, 3.8) is 0 Å². The zero-order valence-electron chi connectivity index (χ0n) is 15.6. The Morgan fingerprint density at radius 2 is 1.93 bits per heavy atom. The fourth-order valence-corrected chi connectivity index (χ4v) is 5.26. The molecule has 28 heavy (non-hydrogen) atoms. The Hall–Kier alpha value is -2.09. The molecule has 5 nitrogen and oxygen atoms in total. The van der Waals surface area contributed by atoms with Gasteiger partial charge in [-0.05, 0) is 30.7 Å². The van der Waals surface area contributed by atoms with Crippen molar-refractivity contribution in [3.05, 3.63) is 48.5 Å². The van der Waals surface area contributed by atoms with Crippen LogP contribution in [0, 0.1) is 0 Å². The second-order valence-electron chi connectivity index (χ2n) is 6.56. The minimum Gasteiger partial charge on any atom is -0.378 e. The lowest BCUT2D eigenvalue weighted by atomic mass is 10.2. The lowest BCUT2D eigenvalue weighted by Gasteiger charge is -2.30. The number of thioether (sulfide) groups is 1. The summed E-state index contributed by atoms with van der Waals surface area (Å²) in [6.07, 6.45) is 1.33. The molecule has 1 amide bonds. The van der Waals surface area contributed by atoms with E-state index in [9.17, 15) is 4.79 Å². The first-order chi connectivity index (χ1) is 13.8. The van der Waals surface area contributed by atoms with Gasteiger partial charge in [0.05, 0.1) is 34.8 Å². The van der Waals surface area contributed by atoms with E-state index in [4.69, 9.17) is 4.74 Å². The summed E-state index contributed by atoms with van der Waals surface area (Å²) in [5.41, 5.74) is 3.00. The minimum absolute atomic E-state index is 0.0607. The minimum atomic E-state index is 0.0607. The molecule has 1 aliphatic heterocycles. The quantitative estimate of drug-likeness (QED) is 0.452. The van der Waals surface area contributed by atoms with Crippen LogP contribution in [0.15, 0.2) is 52.9 Å². The first-order valence-electron chi connectivity index (χ1n) is 9.49. The molecule has 2 aromatic carbocycles. The lowest BCUT2D eigenvalue weighted by Crippen LogP contribution is -2.36. The number of carbonyl (C=O) groups is 1. The SMILES string of the molecule is O=C(CCCSc1nc2ccccc2s1)Nc1ccccc1N1CCOCC1. The molecule has 0 aliphatic carbocycles. The first kappa shape index (κ1) is 19.2. The molecule has 0 unspecified atom stereocenters. The van der Waals surface area contributed by atoms with Gasteiger partial charge in [-0.3, -0.25) is 4.79 Å². The van der Waals surface area contributed by atoms with Gasteiger partial charge >= 0.3 is 0 Å². The standard InChI is InChI=1S/C21H23N3O2S2/c25-20(10-5-15-27-21-23-17-7-2-4-9-19(17)28-21)22-16-6-1-3-8-18(16)24-11-13-26-14-12-24/h1-4,6-9H,5,10-15H2,(H,22,25). The fourth-order valence-electron chi connectivity index (χ4n) is 3.18. The molecule has 4 rings (SSSR count). The number of nitrogens with zero attached hydrogens (tertiary/aromatic N) is 2. The van der Waals surface area contributed by atoms with Gasteiger partial charge in [0.25, 0.3) is 0 Å². The van der Waals surface area contributed by atoms with Crippen molar-refractivity contribution < 1.29 is 9.53 Å². The van der Waals surface area contributed by atoms with Crippen LogP contribution in [-0.4, -0.2) is 42.9 Å². The molecule has 2 heterocycles. The third-order valence-electron chi connectivity index (χ3n) is 4.58. The van der Waals surface area contributed by atoms with Crippen LogP contribution in [0.2, 0.25) is 0 Å². The van der Waals surface area contributed by atoms with E-state index in [1.807, 2.05) is 36.4 Å². The fraction of sp³-hybridized carbons (Fsp3) is 0.333. The number of amides is 1. The van der Waals surface area contributed by atoms with E-state index < -0.39 is 0 Å². The average Bonchev–Trinajstić information content (AvgIpc) is 3.15. The summed E-state index contributed by atoms with van der Waals surface area (Å²) < 4.78 is 7.71. The van der Waals surface area contributed by atoms with Gasteiger partial charge < -0.3 is 15.0 Å². The van der Waals surface area contributed by atoms with E-state index in [1.165, 1.54) is 4.70 Å². The molecule has 1 saturated heterocycles. The molecule has 1 N–H and O–H groups in total. The highest BCUT2D eigenvalue weighted by Crippen LogP contribution is 2.30. The molecule has 1 aromatic heterocycles. The number of rotatable bonds is 7. The number of ether oxygens (including phenoxy) is 1. The van der Waals surface area contributed by atoms with Gasteiger partial charge in [-0.1, -0.05) is 36.0 Å². The van der Waals surface area contributed by atoms with Crippen LogP contribution in [0.3, 0.4) is 0 Å². The van der Waals surface area contributed by atoms with E-state index in [1.54, 1.807) is 23.1 Å². The Morgan fingerprint density at radius 1 is 1.14 bits per heavy atom. The maximum absolute atomic E-state index is 12.4. The van der Waals surface area contributed by atoms with Crippen LogP contribution in [0.25, 0.3) is 10.2 Å². The van der Waals surface area contributed by atoms with Crippen molar-refractivity contribution in [3.8, 4) is 0 Å². The number of nitrogens with one attached hydrogen (secondary N) is 1. The molecule has 0 radical (unpaired) electrons. The third-order valence-corrected chi connectivity index (χ3v) is 6.84. The molecular weight excluding hydrogens is 390 g/mol. The van der Waals surface area contributed by atoms with Gasteiger partial charge in [0.2, 0.25) is 5.91 Å². The van der Waals surface area contributed by atoms with Gasteiger partial charge in [0.15, 0.2) is 4.34 Å². The average molecular weight is 414 g/mol. The number of fused-ring (bicyclic) bond motifs is 1. The van der Waals surface area contributed by atoms with Crippen LogP contribution in [0.1, 0.15) is 12.8 Å². The number of hydrogen-bond acceptors (Lipinski definition) is 6. The second kappa shape index (κ2) is 9.41. The zero-order valence-corrected chi connectivity index (χ0v) is 17.2. The summed E-state index contributed by atoms with van der Waals surface area (Å²) in [5, 5.41) is 3.08. The van der Waals surface area contributed by atoms with Crippen molar-refractivity contribution in [2.45, 2.75) is 17.2 Å². The number of carbonyl (C=O) groups excluding carboxylic acids is 1. The number of anilines is 2. The van der Waals surface area contributed by atoms with E-state index >= 15 is 0 Å². The van der Waals surface area contributed by atoms with Crippen LogP contribution < -0.4 is 10.2 Å². The highest BCUT2D eigenvalue weighted by Gasteiger charge is 2.15.